The average Bonchev–Trinajstić information content (AvgIpc) is 3.10. The van der Waals surface area contributed by atoms with E-state index >= 15 is 0 Å². The third kappa shape index (κ3) is 4.70. The van der Waals surface area contributed by atoms with E-state index < -0.39 is 30.5 Å². The Kier molecular flexibility index (Phi) is 5.52. The number of nitrogens with zero attached hydrogens (tertiary/aromatic N) is 3. The number of hydrogen-bond acceptors (Lipinski definition) is 6. The zero-order chi connectivity index (χ0) is 21.2. The van der Waals surface area contributed by atoms with Crippen LogP contribution >= 0.6 is 0 Å². The number of aromatic nitrogens is 4. The second-order valence-electron chi connectivity index (χ2n) is 6.06. The van der Waals surface area contributed by atoms with E-state index in [0.29, 0.717) is 22.3 Å². The van der Waals surface area contributed by atoms with Crippen molar-refractivity contribution in [3.8, 4) is 17.1 Å². The molecule has 1 atom stereocenters. The topological polar surface area (TPSA) is 105 Å². The molecule has 0 bridgehead atoms. The third-order valence-corrected chi connectivity index (χ3v) is 3.94. The number of anilines is 1. The van der Waals surface area contributed by atoms with Crippen LogP contribution in [-0.2, 0) is 4.79 Å². The lowest BCUT2D eigenvalue weighted by Crippen LogP contribution is -2.42. The molecular weight excluding hydrogens is 396 g/mol. The summed E-state index contributed by atoms with van der Waals surface area (Å²) in [5.74, 6) is -1.52. The van der Waals surface area contributed by atoms with Gasteiger partial charge in [-0.1, -0.05) is 0 Å². The molecule has 3 N–H and O–H groups in total. The first-order valence-electron chi connectivity index (χ1n) is 8.33. The fraction of sp³-hybridized carbons (Fsp3) is 0.294. The smallest absolute Gasteiger partial charge is 0.405 e. The van der Waals surface area contributed by atoms with Crippen LogP contribution in [0.2, 0.25) is 0 Å². The van der Waals surface area contributed by atoms with Gasteiger partial charge in [-0.25, -0.2) is 19.3 Å². The number of hydrogen-bond donors (Lipinski definition) is 3. The van der Waals surface area contributed by atoms with Gasteiger partial charge in [-0.2, -0.15) is 13.2 Å². The summed E-state index contributed by atoms with van der Waals surface area (Å²) in [6.07, 6.45) is -0.555. The normalized spacial score (nSPS) is 12.6. The van der Waals surface area contributed by atoms with E-state index in [1.807, 2.05) is 0 Å². The van der Waals surface area contributed by atoms with E-state index in [-0.39, 0.29) is 15.9 Å². The highest BCUT2D eigenvalue weighted by atomic mass is 19.4. The van der Waals surface area contributed by atoms with Gasteiger partial charge < -0.3 is 20.4 Å². The summed E-state index contributed by atoms with van der Waals surface area (Å²) in [5, 5.41) is 4.81. The molecule has 12 heteroatoms. The number of carbonyl (C=O) groups excluding carboxylic acids is 1. The quantitative estimate of drug-likeness (QED) is 0.530. The third-order valence-electron chi connectivity index (χ3n) is 3.94. The molecule has 0 saturated carbocycles. The summed E-state index contributed by atoms with van der Waals surface area (Å²) in [6, 6.07) is 0.528. The van der Waals surface area contributed by atoms with E-state index in [4.69, 9.17) is 4.74 Å². The van der Waals surface area contributed by atoms with Crippen LogP contribution in [0.25, 0.3) is 22.4 Å². The molecule has 160 valence electrons. The van der Waals surface area contributed by atoms with Crippen LogP contribution in [0.3, 0.4) is 0 Å². The molecule has 0 aliphatic rings. The Labute approximate surface area is 166 Å². The highest BCUT2D eigenvalue weighted by Gasteiger charge is 2.29. The number of nitrogens with one attached hydrogen (secondary N) is 3. The van der Waals surface area contributed by atoms with E-state index in [2.05, 4.69) is 25.3 Å². The van der Waals surface area contributed by atoms with Gasteiger partial charge in [0.05, 0.1) is 19.5 Å². The van der Waals surface area contributed by atoms with E-state index in [1.54, 1.807) is 17.6 Å². The Morgan fingerprint density at radius 2 is 2.10 bits per heavy atom. The van der Waals surface area contributed by atoms with Crippen LogP contribution in [0.5, 0.6) is 5.75 Å². The lowest BCUT2D eigenvalue weighted by atomic mass is 10.2. The number of rotatable bonds is 6. The summed E-state index contributed by atoms with van der Waals surface area (Å²) in [4.78, 5) is 26.9. The Hall–Kier alpha value is -3.44. The number of fused-ring (bicyclic) bond motifs is 1. The van der Waals surface area contributed by atoms with Gasteiger partial charge in [-0.15, -0.1) is 0 Å². The van der Waals surface area contributed by atoms with Crippen LogP contribution in [-0.4, -0.2) is 51.7 Å². The molecule has 3 aromatic heterocycles. The van der Waals surface area contributed by atoms with Crippen molar-refractivity contribution in [1.82, 2.24) is 25.3 Å². The fourth-order valence-electron chi connectivity index (χ4n) is 2.49. The molecule has 8 nitrogen and oxygen atoms in total. The van der Waals surface area contributed by atoms with Crippen molar-refractivity contribution in [2.24, 2.45) is 0 Å². The summed E-state index contributed by atoms with van der Waals surface area (Å²) in [7, 11) is 1.48. The number of carbonyl (C=O) groups is 1. The standard InChI is InChI=1S/C17H16F4N6O2.3H2/c1-8(16(28)25-7-17(19,20)21)26-15-12(18)6-24-14(27-15)11-5-23-13-10(11)3-9(29-2)4-22-13;;;/h3-6,8H,7H2,1-2H3,(H,22,23)(H,25,28)(H,24,26,27);3*1H/t8-;;;/m0.../s1. The lowest BCUT2D eigenvalue weighted by molar-refractivity contribution is -0.138. The van der Waals surface area contributed by atoms with Gasteiger partial charge in [0.25, 0.3) is 0 Å². The lowest BCUT2D eigenvalue weighted by Gasteiger charge is -2.16. The SMILES string of the molecule is COc1cnc2[nH]cc(-c3ncc(F)c(N[C@@H](C)C(=O)NCC(F)(F)F)n3)c2c1.[HH].[HH].[HH]. The Balaban J connectivity index is 0.00000320. The van der Waals surface area contributed by atoms with Crippen molar-refractivity contribution in [2.75, 3.05) is 19.0 Å². The Morgan fingerprint density at radius 3 is 2.79 bits per heavy atom. The number of aromatic amines is 1. The molecule has 3 rings (SSSR count). The van der Waals surface area contributed by atoms with Gasteiger partial charge in [0.1, 0.15) is 24.0 Å². The fourth-order valence-corrected chi connectivity index (χ4v) is 2.49. The molecular formula is C17H22F4N6O2. The minimum absolute atomic E-state index is 0. The minimum Gasteiger partial charge on any atom is -0.495 e. The molecule has 3 aromatic rings. The molecule has 0 spiro atoms. The first-order valence-corrected chi connectivity index (χ1v) is 8.33. The van der Waals surface area contributed by atoms with Crippen LogP contribution in [0.1, 0.15) is 11.2 Å². The zero-order valence-electron chi connectivity index (χ0n) is 15.3. The molecule has 0 fully saturated rings. The van der Waals surface area contributed by atoms with Crippen LogP contribution in [0.15, 0.2) is 24.7 Å². The predicted molar refractivity (Wildman–Crippen MR) is 102 cm³/mol. The van der Waals surface area contributed by atoms with Crippen molar-refractivity contribution < 1.29 is 31.4 Å². The molecule has 3 heterocycles. The molecule has 1 amide bonds. The summed E-state index contributed by atoms with van der Waals surface area (Å²) >= 11 is 0. The van der Waals surface area contributed by atoms with Crippen molar-refractivity contribution in [1.29, 1.82) is 0 Å². The molecule has 0 aliphatic heterocycles. The van der Waals surface area contributed by atoms with E-state index in [0.717, 1.165) is 6.20 Å². The van der Waals surface area contributed by atoms with Gasteiger partial charge in [-0.3, -0.25) is 4.79 Å². The summed E-state index contributed by atoms with van der Waals surface area (Å²) < 4.78 is 55.9. The number of alkyl halides is 3. The number of ether oxygens (including phenoxy) is 1. The van der Waals surface area contributed by atoms with Gasteiger partial charge in [0.15, 0.2) is 17.5 Å². The maximum Gasteiger partial charge on any atom is 0.405 e. The first kappa shape index (κ1) is 20.3. The highest BCUT2D eigenvalue weighted by molar-refractivity contribution is 5.92. The van der Waals surface area contributed by atoms with Gasteiger partial charge >= 0.3 is 6.18 Å². The number of methoxy groups -OCH3 is 1. The monoisotopic (exact) mass is 418 g/mol. The minimum atomic E-state index is -4.55. The van der Waals surface area contributed by atoms with Gasteiger partial charge in [0.2, 0.25) is 5.91 Å². The first-order chi connectivity index (χ1) is 13.7. The highest BCUT2D eigenvalue weighted by Crippen LogP contribution is 2.28. The number of amides is 1. The number of pyridine rings is 1. The predicted octanol–water partition coefficient (Wildman–Crippen LogP) is 3.38. The van der Waals surface area contributed by atoms with E-state index in [9.17, 15) is 22.4 Å². The van der Waals surface area contributed by atoms with Crippen molar-refractivity contribution in [2.45, 2.75) is 19.1 Å². The second-order valence-corrected chi connectivity index (χ2v) is 6.06. The molecule has 0 saturated heterocycles. The maximum absolute atomic E-state index is 14.1. The van der Waals surface area contributed by atoms with E-state index in [1.165, 1.54) is 20.2 Å². The molecule has 0 aliphatic carbocycles. The molecule has 29 heavy (non-hydrogen) atoms. The Morgan fingerprint density at radius 1 is 1.34 bits per heavy atom. The van der Waals surface area contributed by atoms with Crippen LogP contribution in [0.4, 0.5) is 23.4 Å². The van der Waals surface area contributed by atoms with Gasteiger partial charge in [-0.05, 0) is 13.0 Å². The van der Waals surface area contributed by atoms with Crippen molar-refractivity contribution in [3.63, 3.8) is 0 Å². The number of halogens is 4. The zero-order valence-corrected chi connectivity index (χ0v) is 15.3. The second kappa shape index (κ2) is 7.89. The van der Waals surface area contributed by atoms with Crippen LogP contribution in [0, 0.1) is 5.82 Å². The Bertz CT molecular complexity index is 1050. The maximum atomic E-state index is 14.1. The largest absolute Gasteiger partial charge is 0.495 e. The van der Waals surface area contributed by atoms with Crippen molar-refractivity contribution in [3.05, 3.63) is 30.5 Å². The van der Waals surface area contributed by atoms with Crippen molar-refractivity contribution >= 4 is 22.8 Å². The number of H-pyrrole nitrogens is 1. The summed E-state index contributed by atoms with van der Waals surface area (Å²) in [6.45, 7) is -0.201. The molecule has 0 unspecified atom stereocenters. The van der Waals surface area contributed by atoms with Crippen LogP contribution < -0.4 is 15.4 Å². The molecule has 0 radical (unpaired) electrons. The summed E-state index contributed by atoms with van der Waals surface area (Å²) in [5.41, 5.74) is 1.03. The average molecular weight is 418 g/mol. The molecule has 0 aromatic carbocycles. The van der Waals surface area contributed by atoms with Gasteiger partial charge in [0, 0.05) is 21.4 Å².